The van der Waals surface area contributed by atoms with Crippen LogP contribution in [0.25, 0.3) is 0 Å². The molecular formula is C14H23NO. The molecule has 0 saturated carbocycles. The fraction of sp³-hybridized carbons (Fsp3) is 0.571. The standard InChI is InChI=1S/C14H23NO/c1-4-12(2)15-10-9-13-7-5-6-8-14(13)11-16-3/h5-8,12,15H,4,9-11H2,1-3H3. The van der Waals surface area contributed by atoms with Crippen LogP contribution in [0.4, 0.5) is 0 Å². The van der Waals surface area contributed by atoms with E-state index in [0.29, 0.717) is 12.6 Å². The highest BCUT2D eigenvalue weighted by Crippen LogP contribution is 2.10. The molecule has 0 aliphatic heterocycles. The Morgan fingerprint density at radius 2 is 1.94 bits per heavy atom. The number of rotatable bonds is 7. The highest BCUT2D eigenvalue weighted by molar-refractivity contribution is 5.26. The number of nitrogens with one attached hydrogen (secondary N) is 1. The summed E-state index contributed by atoms with van der Waals surface area (Å²) in [6.07, 6.45) is 2.25. The fourth-order valence-electron chi connectivity index (χ4n) is 1.70. The average molecular weight is 221 g/mol. The van der Waals surface area contributed by atoms with Crippen LogP contribution >= 0.6 is 0 Å². The molecule has 0 fully saturated rings. The van der Waals surface area contributed by atoms with Crippen LogP contribution in [0.3, 0.4) is 0 Å². The molecule has 0 aromatic heterocycles. The highest BCUT2D eigenvalue weighted by atomic mass is 16.5. The first-order valence-electron chi connectivity index (χ1n) is 6.07. The quantitative estimate of drug-likeness (QED) is 0.764. The summed E-state index contributed by atoms with van der Waals surface area (Å²) >= 11 is 0. The molecule has 2 heteroatoms. The molecule has 0 heterocycles. The minimum Gasteiger partial charge on any atom is -0.380 e. The zero-order valence-corrected chi connectivity index (χ0v) is 10.6. The van der Waals surface area contributed by atoms with Crippen molar-refractivity contribution < 1.29 is 4.74 Å². The summed E-state index contributed by atoms with van der Waals surface area (Å²) in [7, 11) is 1.74. The molecule has 2 nitrogen and oxygen atoms in total. The summed E-state index contributed by atoms with van der Waals surface area (Å²) in [6, 6.07) is 9.10. The van der Waals surface area contributed by atoms with Gasteiger partial charge in [0.2, 0.25) is 0 Å². The third-order valence-electron chi connectivity index (χ3n) is 2.92. The van der Waals surface area contributed by atoms with E-state index >= 15 is 0 Å². The summed E-state index contributed by atoms with van der Waals surface area (Å²) < 4.78 is 5.20. The summed E-state index contributed by atoms with van der Waals surface area (Å²) in [5, 5.41) is 3.51. The Morgan fingerprint density at radius 3 is 2.56 bits per heavy atom. The molecule has 0 saturated heterocycles. The molecule has 1 aromatic carbocycles. The Hall–Kier alpha value is -0.860. The Morgan fingerprint density at radius 1 is 1.25 bits per heavy atom. The van der Waals surface area contributed by atoms with Gasteiger partial charge in [-0.25, -0.2) is 0 Å². The molecule has 1 N–H and O–H groups in total. The number of ether oxygens (including phenoxy) is 1. The van der Waals surface area contributed by atoms with Gasteiger partial charge in [0.15, 0.2) is 0 Å². The molecule has 1 aromatic rings. The molecular weight excluding hydrogens is 198 g/mol. The zero-order chi connectivity index (χ0) is 11.8. The fourth-order valence-corrected chi connectivity index (χ4v) is 1.70. The maximum absolute atomic E-state index is 5.20. The average Bonchev–Trinajstić information content (AvgIpc) is 2.31. The van der Waals surface area contributed by atoms with E-state index in [0.717, 1.165) is 13.0 Å². The molecule has 0 spiro atoms. The van der Waals surface area contributed by atoms with E-state index in [2.05, 4.69) is 43.4 Å². The van der Waals surface area contributed by atoms with Crippen LogP contribution < -0.4 is 5.32 Å². The first-order chi connectivity index (χ1) is 7.77. The van der Waals surface area contributed by atoms with Gasteiger partial charge in [0.05, 0.1) is 6.61 Å². The lowest BCUT2D eigenvalue weighted by Crippen LogP contribution is -2.27. The van der Waals surface area contributed by atoms with Gasteiger partial charge in [0.25, 0.3) is 0 Å². The first kappa shape index (κ1) is 13.2. The summed E-state index contributed by atoms with van der Waals surface area (Å²) in [4.78, 5) is 0. The maximum atomic E-state index is 5.20. The van der Waals surface area contributed by atoms with E-state index in [4.69, 9.17) is 4.74 Å². The lowest BCUT2D eigenvalue weighted by atomic mass is 10.1. The third kappa shape index (κ3) is 4.33. The molecule has 16 heavy (non-hydrogen) atoms. The van der Waals surface area contributed by atoms with Crippen LogP contribution in [0.5, 0.6) is 0 Å². The largest absolute Gasteiger partial charge is 0.380 e. The Balaban J connectivity index is 2.46. The molecule has 1 unspecified atom stereocenters. The summed E-state index contributed by atoms with van der Waals surface area (Å²) in [6.45, 7) is 6.17. The van der Waals surface area contributed by atoms with Gasteiger partial charge in [-0.05, 0) is 37.4 Å². The smallest absolute Gasteiger partial charge is 0.0715 e. The van der Waals surface area contributed by atoms with Crippen molar-refractivity contribution in [3.05, 3.63) is 35.4 Å². The second kappa shape index (κ2) is 7.42. The molecule has 1 rings (SSSR count). The van der Waals surface area contributed by atoms with Crippen LogP contribution in [-0.4, -0.2) is 19.7 Å². The van der Waals surface area contributed by atoms with Crippen molar-refractivity contribution in [2.75, 3.05) is 13.7 Å². The van der Waals surface area contributed by atoms with Gasteiger partial charge < -0.3 is 10.1 Å². The molecule has 1 atom stereocenters. The third-order valence-corrected chi connectivity index (χ3v) is 2.92. The zero-order valence-electron chi connectivity index (χ0n) is 10.6. The van der Waals surface area contributed by atoms with Crippen LogP contribution in [0.2, 0.25) is 0 Å². The SMILES string of the molecule is CCC(C)NCCc1ccccc1COC. The van der Waals surface area contributed by atoms with Gasteiger partial charge in [0.1, 0.15) is 0 Å². The lowest BCUT2D eigenvalue weighted by molar-refractivity contribution is 0.184. The van der Waals surface area contributed by atoms with Crippen molar-refractivity contribution in [3.63, 3.8) is 0 Å². The van der Waals surface area contributed by atoms with Crippen molar-refractivity contribution in [1.82, 2.24) is 5.32 Å². The minimum atomic E-state index is 0.606. The molecule has 0 amide bonds. The number of methoxy groups -OCH3 is 1. The van der Waals surface area contributed by atoms with E-state index in [1.54, 1.807) is 7.11 Å². The monoisotopic (exact) mass is 221 g/mol. The number of hydrogen-bond donors (Lipinski definition) is 1. The summed E-state index contributed by atoms with van der Waals surface area (Å²) in [5.41, 5.74) is 2.69. The second-order valence-electron chi connectivity index (χ2n) is 4.22. The Bertz CT molecular complexity index is 299. The second-order valence-corrected chi connectivity index (χ2v) is 4.22. The number of hydrogen-bond acceptors (Lipinski definition) is 2. The number of benzene rings is 1. The molecule has 0 aliphatic carbocycles. The Labute approximate surface area is 99.0 Å². The molecule has 0 bridgehead atoms. The van der Waals surface area contributed by atoms with Crippen molar-refractivity contribution >= 4 is 0 Å². The van der Waals surface area contributed by atoms with Crippen LogP contribution in [0.1, 0.15) is 31.4 Å². The van der Waals surface area contributed by atoms with E-state index in [9.17, 15) is 0 Å². The lowest BCUT2D eigenvalue weighted by Gasteiger charge is -2.13. The van der Waals surface area contributed by atoms with Gasteiger partial charge in [-0.2, -0.15) is 0 Å². The van der Waals surface area contributed by atoms with Crippen molar-refractivity contribution in [2.45, 2.75) is 39.3 Å². The van der Waals surface area contributed by atoms with Gasteiger partial charge in [0, 0.05) is 13.2 Å². The van der Waals surface area contributed by atoms with Crippen LogP contribution in [-0.2, 0) is 17.8 Å². The van der Waals surface area contributed by atoms with Gasteiger partial charge in [-0.15, -0.1) is 0 Å². The Kier molecular flexibility index (Phi) is 6.12. The highest BCUT2D eigenvalue weighted by Gasteiger charge is 2.02. The van der Waals surface area contributed by atoms with Crippen molar-refractivity contribution in [2.24, 2.45) is 0 Å². The van der Waals surface area contributed by atoms with Crippen molar-refractivity contribution in [1.29, 1.82) is 0 Å². The van der Waals surface area contributed by atoms with E-state index < -0.39 is 0 Å². The molecule has 0 aliphatic rings. The molecule has 0 radical (unpaired) electrons. The van der Waals surface area contributed by atoms with Gasteiger partial charge in [-0.1, -0.05) is 31.2 Å². The predicted octanol–water partition coefficient (Wildman–Crippen LogP) is 2.76. The van der Waals surface area contributed by atoms with E-state index in [1.807, 2.05) is 0 Å². The maximum Gasteiger partial charge on any atom is 0.0715 e. The van der Waals surface area contributed by atoms with Crippen LogP contribution in [0, 0.1) is 0 Å². The van der Waals surface area contributed by atoms with E-state index in [-0.39, 0.29) is 0 Å². The van der Waals surface area contributed by atoms with Gasteiger partial charge >= 0.3 is 0 Å². The summed E-state index contributed by atoms with van der Waals surface area (Å²) in [5.74, 6) is 0. The topological polar surface area (TPSA) is 21.3 Å². The normalized spacial score (nSPS) is 12.7. The van der Waals surface area contributed by atoms with E-state index in [1.165, 1.54) is 17.5 Å². The predicted molar refractivity (Wildman–Crippen MR) is 68.6 cm³/mol. The van der Waals surface area contributed by atoms with Gasteiger partial charge in [-0.3, -0.25) is 0 Å². The van der Waals surface area contributed by atoms with Crippen LogP contribution in [0.15, 0.2) is 24.3 Å². The van der Waals surface area contributed by atoms with Crippen molar-refractivity contribution in [3.8, 4) is 0 Å². The minimum absolute atomic E-state index is 0.606. The molecule has 90 valence electrons. The first-order valence-corrected chi connectivity index (χ1v) is 6.07.